The van der Waals surface area contributed by atoms with Gasteiger partial charge in [0.2, 0.25) is 5.91 Å². The van der Waals surface area contributed by atoms with E-state index in [1.165, 1.54) is 9.78 Å². The predicted octanol–water partition coefficient (Wildman–Crippen LogP) is 2.71. The first-order valence-electron chi connectivity index (χ1n) is 9.98. The summed E-state index contributed by atoms with van der Waals surface area (Å²) >= 11 is 1.74. The number of thiophene rings is 1. The molecule has 7 heteroatoms. The molecule has 2 aliphatic rings. The molecule has 0 radical (unpaired) electrons. The highest BCUT2D eigenvalue weighted by Gasteiger charge is 2.45. The number of fused-ring (bicyclic) bond motifs is 1. The predicted molar refractivity (Wildman–Crippen MR) is 112 cm³/mol. The van der Waals surface area contributed by atoms with Crippen LogP contribution >= 0.6 is 11.3 Å². The quantitative estimate of drug-likeness (QED) is 0.710. The number of amides is 3. The molecular weight excluding hydrogens is 386 g/mol. The SMILES string of the molecule is CC(C)C(C(=O)N1CCN(Cc2cccs2)CC1)N1C(=O)c2ccccc2C1=O. The molecule has 6 nitrogen and oxygen atoms in total. The molecule has 0 saturated carbocycles. The molecule has 3 amide bonds. The fourth-order valence-electron chi connectivity index (χ4n) is 4.09. The van der Waals surface area contributed by atoms with E-state index in [0.717, 1.165) is 19.6 Å². The Bertz CT molecular complexity index is 882. The normalized spacial score (nSPS) is 18.4. The fourth-order valence-corrected chi connectivity index (χ4v) is 4.84. The van der Waals surface area contributed by atoms with Crippen molar-refractivity contribution in [2.45, 2.75) is 26.4 Å². The number of carbonyl (C=O) groups is 3. The summed E-state index contributed by atoms with van der Waals surface area (Å²) in [6.45, 7) is 7.46. The molecule has 4 rings (SSSR count). The minimum absolute atomic E-state index is 0.134. The van der Waals surface area contributed by atoms with E-state index in [1.54, 1.807) is 40.5 Å². The maximum atomic E-state index is 13.4. The Hall–Kier alpha value is -2.51. The zero-order chi connectivity index (χ0) is 20.5. The maximum absolute atomic E-state index is 13.4. The van der Waals surface area contributed by atoms with E-state index in [9.17, 15) is 14.4 Å². The zero-order valence-corrected chi connectivity index (χ0v) is 17.5. The average molecular weight is 412 g/mol. The van der Waals surface area contributed by atoms with Crippen molar-refractivity contribution in [3.63, 3.8) is 0 Å². The molecule has 0 aliphatic carbocycles. The Morgan fingerprint density at radius 1 is 0.966 bits per heavy atom. The van der Waals surface area contributed by atoms with Crippen LogP contribution in [0, 0.1) is 5.92 Å². The molecule has 2 aliphatic heterocycles. The minimum Gasteiger partial charge on any atom is -0.338 e. The third-order valence-corrected chi connectivity index (χ3v) is 6.49. The van der Waals surface area contributed by atoms with Crippen LogP contribution in [-0.2, 0) is 11.3 Å². The smallest absolute Gasteiger partial charge is 0.262 e. The van der Waals surface area contributed by atoms with Crippen LogP contribution in [0.1, 0.15) is 39.4 Å². The third-order valence-electron chi connectivity index (χ3n) is 5.63. The van der Waals surface area contributed by atoms with Gasteiger partial charge >= 0.3 is 0 Å². The molecular formula is C22H25N3O3S. The standard InChI is InChI=1S/C22H25N3O3S/c1-15(2)19(25-20(26)17-7-3-4-8-18(17)21(25)27)22(28)24-11-9-23(10-12-24)14-16-6-5-13-29-16/h3-8,13,15,19H,9-12,14H2,1-2H3. The van der Waals surface area contributed by atoms with Crippen LogP contribution in [0.4, 0.5) is 0 Å². The van der Waals surface area contributed by atoms with Crippen molar-refractivity contribution in [1.29, 1.82) is 0 Å². The highest BCUT2D eigenvalue weighted by molar-refractivity contribution is 7.09. The first-order chi connectivity index (χ1) is 14.0. The van der Waals surface area contributed by atoms with E-state index in [1.807, 2.05) is 13.8 Å². The number of nitrogens with zero attached hydrogens (tertiary/aromatic N) is 3. The van der Waals surface area contributed by atoms with Crippen LogP contribution in [0.3, 0.4) is 0 Å². The van der Waals surface area contributed by atoms with Crippen molar-refractivity contribution in [3.8, 4) is 0 Å². The van der Waals surface area contributed by atoms with Gasteiger partial charge in [-0.2, -0.15) is 0 Å². The lowest BCUT2D eigenvalue weighted by atomic mass is 10.0. The molecule has 3 heterocycles. The van der Waals surface area contributed by atoms with Crippen LogP contribution in [0.15, 0.2) is 41.8 Å². The second-order valence-corrected chi connectivity index (χ2v) is 8.93. The molecule has 1 aromatic heterocycles. The van der Waals surface area contributed by atoms with Crippen LogP contribution < -0.4 is 0 Å². The van der Waals surface area contributed by atoms with Gasteiger partial charge in [0.1, 0.15) is 6.04 Å². The van der Waals surface area contributed by atoms with E-state index in [-0.39, 0.29) is 23.6 Å². The number of piperazine rings is 1. The summed E-state index contributed by atoms with van der Waals surface area (Å²) in [5, 5.41) is 2.07. The van der Waals surface area contributed by atoms with Gasteiger partial charge in [-0.25, -0.2) is 0 Å². The summed E-state index contributed by atoms with van der Waals surface area (Å²) in [4.78, 5) is 45.8. The summed E-state index contributed by atoms with van der Waals surface area (Å²) in [6, 6.07) is 10.2. The number of hydrogen-bond donors (Lipinski definition) is 0. The Labute approximate surface area is 174 Å². The first-order valence-corrected chi connectivity index (χ1v) is 10.9. The molecule has 0 spiro atoms. The van der Waals surface area contributed by atoms with Gasteiger partial charge in [0.25, 0.3) is 11.8 Å². The monoisotopic (exact) mass is 411 g/mol. The Kier molecular flexibility index (Phi) is 5.52. The number of carbonyl (C=O) groups excluding carboxylic acids is 3. The number of rotatable bonds is 5. The molecule has 1 saturated heterocycles. The van der Waals surface area contributed by atoms with Gasteiger partial charge in [-0.05, 0) is 29.5 Å². The van der Waals surface area contributed by atoms with Crippen LogP contribution in [0.25, 0.3) is 0 Å². The van der Waals surface area contributed by atoms with E-state index in [4.69, 9.17) is 0 Å². The number of benzene rings is 1. The van der Waals surface area contributed by atoms with Crippen LogP contribution in [0.5, 0.6) is 0 Å². The molecule has 1 fully saturated rings. The van der Waals surface area contributed by atoms with E-state index in [2.05, 4.69) is 22.4 Å². The van der Waals surface area contributed by atoms with Gasteiger partial charge in [0.05, 0.1) is 11.1 Å². The Balaban J connectivity index is 1.47. The van der Waals surface area contributed by atoms with E-state index >= 15 is 0 Å². The lowest BCUT2D eigenvalue weighted by molar-refractivity contribution is -0.138. The molecule has 1 aromatic carbocycles. The highest BCUT2D eigenvalue weighted by atomic mass is 32.1. The van der Waals surface area contributed by atoms with Gasteiger partial charge in [0.15, 0.2) is 0 Å². The van der Waals surface area contributed by atoms with Gasteiger partial charge in [-0.1, -0.05) is 32.0 Å². The second kappa shape index (κ2) is 8.08. The summed E-state index contributed by atoms with van der Waals surface area (Å²) in [5.41, 5.74) is 0.772. The Morgan fingerprint density at radius 2 is 1.59 bits per heavy atom. The maximum Gasteiger partial charge on any atom is 0.262 e. The fraction of sp³-hybridized carbons (Fsp3) is 0.409. The summed E-state index contributed by atoms with van der Waals surface area (Å²) in [6.07, 6.45) is 0. The lowest BCUT2D eigenvalue weighted by Crippen LogP contribution is -2.57. The molecule has 1 atom stereocenters. The third kappa shape index (κ3) is 3.72. The molecule has 29 heavy (non-hydrogen) atoms. The summed E-state index contributed by atoms with van der Waals surface area (Å²) in [5.74, 6) is -1.03. The lowest BCUT2D eigenvalue weighted by Gasteiger charge is -2.38. The van der Waals surface area contributed by atoms with Gasteiger partial charge < -0.3 is 4.90 Å². The van der Waals surface area contributed by atoms with Crippen molar-refractivity contribution in [2.24, 2.45) is 5.92 Å². The average Bonchev–Trinajstić information content (AvgIpc) is 3.31. The van der Waals surface area contributed by atoms with Gasteiger partial charge in [-0.15, -0.1) is 11.3 Å². The molecule has 152 valence electrons. The van der Waals surface area contributed by atoms with Gasteiger partial charge in [0, 0.05) is 37.6 Å². The number of imide groups is 1. The van der Waals surface area contributed by atoms with Crippen molar-refractivity contribution in [2.75, 3.05) is 26.2 Å². The van der Waals surface area contributed by atoms with E-state index in [0.29, 0.717) is 24.2 Å². The van der Waals surface area contributed by atoms with Crippen LogP contribution in [-0.4, -0.2) is 64.6 Å². The molecule has 0 bridgehead atoms. The van der Waals surface area contributed by atoms with Crippen LogP contribution in [0.2, 0.25) is 0 Å². The van der Waals surface area contributed by atoms with Crippen molar-refractivity contribution < 1.29 is 14.4 Å². The van der Waals surface area contributed by atoms with Gasteiger partial charge in [-0.3, -0.25) is 24.2 Å². The van der Waals surface area contributed by atoms with Crippen molar-refractivity contribution in [1.82, 2.24) is 14.7 Å². The zero-order valence-electron chi connectivity index (χ0n) is 16.7. The summed E-state index contributed by atoms with van der Waals surface area (Å²) in [7, 11) is 0. The topological polar surface area (TPSA) is 60.9 Å². The van der Waals surface area contributed by atoms with Crippen molar-refractivity contribution in [3.05, 3.63) is 57.8 Å². The van der Waals surface area contributed by atoms with Crippen molar-refractivity contribution >= 4 is 29.1 Å². The molecule has 1 unspecified atom stereocenters. The van der Waals surface area contributed by atoms with E-state index < -0.39 is 6.04 Å². The minimum atomic E-state index is -0.772. The Morgan fingerprint density at radius 3 is 2.10 bits per heavy atom. The first kappa shape index (κ1) is 19.8. The number of hydrogen-bond acceptors (Lipinski definition) is 5. The largest absolute Gasteiger partial charge is 0.338 e. The summed E-state index contributed by atoms with van der Waals surface area (Å²) < 4.78 is 0. The highest BCUT2D eigenvalue weighted by Crippen LogP contribution is 2.28. The second-order valence-electron chi connectivity index (χ2n) is 7.90. The molecule has 2 aromatic rings. The molecule has 0 N–H and O–H groups in total.